The van der Waals surface area contributed by atoms with Gasteiger partial charge in [-0.1, -0.05) is 12.1 Å². The monoisotopic (exact) mass is 263 g/mol. The lowest BCUT2D eigenvalue weighted by molar-refractivity contribution is -0.148. The topological polar surface area (TPSA) is 49.8 Å². The number of aliphatic hydroxyl groups is 1. The molecule has 0 spiro atoms. The zero-order valence-corrected chi connectivity index (χ0v) is 11.3. The highest BCUT2D eigenvalue weighted by atomic mass is 16.5. The Morgan fingerprint density at radius 2 is 2.37 bits per heavy atom. The second-order valence-corrected chi connectivity index (χ2v) is 4.87. The third-order valence-electron chi connectivity index (χ3n) is 3.50. The quantitative estimate of drug-likeness (QED) is 0.844. The van der Waals surface area contributed by atoms with Crippen LogP contribution in [0.3, 0.4) is 0 Å². The number of aliphatic hydroxyl groups excluding tert-OH is 1. The first-order valence-corrected chi connectivity index (χ1v) is 6.86. The van der Waals surface area contributed by atoms with Crippen molar-refractivity contribution in [3.05, 3.63) is 29.8 Å². The Hall–Kier alpha value is -1.55. The SMILES string of the molecule is CCOC(=O)C1CCCN(c2cccc(CO)c2)C1. The molecule has 4 nitrogen and oxygen atoms in total. The van der Waals surface area contributed by atoms with Crippen molar-refractivity contribution in [2.45, 2.75) is 26.4 Å². The molecule has 1 aromatic carbocycles. The average Bonchev–Trinajstić information content (AvgIpc) is 2.48. The summed E-state index contributed by atoms with van der Waals surface area (Å²) in [5.41, 5.74) is 1.97. The van der Waals surface area contributed by atoms with Crippen molar-refractivity contribution in [2.75, 3.05) is 24.6 Å². The van der Waals surface area contributed by atoms with Crippen molar-refractivity contribution in [1.82, 2.24) is 0 Å². The number of hydrogen-bond donors (Lipinski definition) is 1. The molecular weight excluding hydrogens is 242 g/mol. The number of nitrogens with zero attached hydrogens (tertiary/aromatic N) is 1. The van der Waals surface area contributed by atoms with E-state index >= 15 is 0 Å². The van der Waals surface area contributed by atoms with Gasteiger partial charge in [0.05, 0.1) is 19.1 Å². The zero-order chi connectivity index (χ0) is 13.7. The number of piperidine rings is 1. The van der Waals surface area contributed by atoms with Crippen LogP contribution < -0.4 is 4.90 Å². The minimum Gasteiger partial charge on any atom is -0.466 e. The van der Waals surface area contributed by atoms with Crippen LogP contribution in [0.2, 0.25) is 0 Å². The van der Waals surface area contributed by atoms with Gasteiger partial charge >= 0.3 is 5.97 Å². The van der Waals surface area contributed by atoms with Gasteiger partial charge in [0, 0.05) is 18.8 Å². The van der Waals surface area contributed by atoms with Crippen LogP contribution in [0.4, 0.5) is 5.69 Å². The summed E-state index contributed by atoms with van der Waals surface area (Å²) in [6, 6.07) is 7.84. The van der Waals surface area contributed by atoms with Gasteiger partial charge in [-0.3, -0.25) is 4.79 Å². The Bertz CT molecular complexity index is 433. The zero-order valence-electron chi connectivity index (χ0n) is 11.3. The molecule has 19 heavy (non-hydrogen) atoms. The number of benzene rings is 1. The van der Waals surface area contributed by atoms with E-state index in [9.17, 15) is 9.90 Å². The molecule has 1 aliphatic heterocycles. The molecule has 1 aliphatic rings. The highest BCUT2D eigenvalue weighted by Gasteiger charge is 2.26. The summed E-state index contributed by atoms with van der Waals surface area (Å²) in [5, 5.41) is 9.18. The molecule has 1 N–H and O–H groups in total. The molecule has 4 heteroatoms. The molecule has 0 amide bonds. The molecule has 1 heterocycles. The van der Waals surface area contributed by atoms with Crippen molar-refractivity contribution in [2.24, 2.45) is 5.92 Å². The van der Waals surface area contributed by atoms with E-state index in [1.165, 1.54) is 0 Å². The van der Waals surface area contributed by atoms with E-state index in [0.717, 1.165) is 30.6 Å². The molecule has 0 aromatic heterocycles. The van der Waals surface area contributed by atoms with Crippen molar-refractivity contribution in [3.8, 4) is 0 Å². The van der Waals surface area contributed by atoms with Gasteiger partial charge in [-0.2, -0.15) is 0 Å². The normalized spacial score (nSPS) is 19.3. The van der Waals surface area contributed by atoms with Gasteiger partial charge in [0.15, 0.2) is 0 Å². The lowest BCUT2D eigenvalue weighted by atomic mass is 9.97. The molecule has 2 rings (SSSR count). The summed E-state index contributed by atoms with van der Waals surface area (Å²) in [4.78, 5) is 14.0. The number of carbonyl (C=O) groups excluding carboxylic acids is 1. The van der Waals surface area contributed by atoms with Gasteiger partial charge in [0.25, 0.3) is 0 Å². The first-order valence-electron chi connectivity index (χ1n) is 6.86. The maximum atomic E-state index is 11.8. The van der Waals surface area contributed by atoms with Crippen molar-refractivity contribution in [1.29, 1.82) is 0 Å². The van der Waals surface area contributed by atoms with Gasteiger partial charge in [-0.25, -0.2) is 0 Å². The highest BCUT2D eigenvalue weighted by Crippen LogP contribution is 2.24. The highest BCUT2D eigenvalue weighted by molar-refractivity contribution is 5.73. The minimum atomic E-state index is -0.0921. The number of rotatable bonds is 4. The van der Waals surface area contributed by atoms with Crippen LogP contribution >= 0.6 is 0 Å². The van der Waals surface area contributed by atoms with E-state index in [-0.39, 0.29) is 18.5 Å². The molecule has 1 unspecified atom stereocenters. The molecule has 1 saturated heterocycles. The fourth-order valence-corrected chi connectivity index (χ4v) is 2.52. The smallest absolute Gasteiger partial charge is 0.310 e. The summed E-state index contributed by atoms with van der Waals surface area (Å²) in [5.74, 6) is -0.128. The van der Waals surface area contributed by atoms with E-state index in [0.29, 0.717) is 13.2 Å². The summed E-state index contributed by atoms with van der Waals surface area (Å²) in [6.45, 7) is 3.97. The fraction of sp³-hybridized carbons (Fsp3) is 0.533. The van der Waals surface area contributed by atoms with Gasteiger partial charge in [-0.05, 0) is 37.5 Å². The second-order valence-electron chi connectivity index (χ2n) is 4.87. The Balaban J connectivity index is 2.05. The van der Waals surface area contributed by atoms with E-state index < -0.39 is 0 Å². The van der Waals surface area contributed by atoms with Gasteiger partial charge in [-0.15, -0.1) is 0 Å². The maximum Gasteiger partial charge on any atom is 0.310 e. The third-order valence-corrected chi connectivity index (χ3v) is 3.50. The van der Waals surface area contributed by atoms with Crippen LogP contribution in [0, 0.1) is 5.92 Å². The van der Waals surface area contributed by atoms with Crippen LogP contribution in [0.15, 0.2) is 24.3 Å². The van der Waals surface area contributed by atoms with E-state index in [4.69, 9.17) is 4.74 Å². The summed E-state index contributed by atoms with van der Waals surface area (Å²) in [7, 11) is 0. The Labute approximate surface area is 114 Å². The molecule has 104 valence electrons. The van der Waals surface area contributed by atoms with E-state index in [1.54, 1.807) is 0 Å². The van der Waals surface area contributed by atoms with Crippen LogP contribution in [0.25, 0.3) is 0 Å². The van der Waals surface area contributed by atoms with Gasteiger partial charge in [0.2, 0.25) is 0 Å². The second kappa shape index (κ2) is 6.57. The molecule has 1 fully saturated rings. The van der Waals surface area contributed by atoms with Crippen molar-refractivity contribution in [3.63, 3.8) is 0 Å². The molecule has 0 saturated carbocycles. The Morgan fingerprint density at radius 1 is 1.53 bits per heavy atom. The first-order chi connectivity index (χ1) is 9.24. The largest absolute Gasteiger partial charge is 0.466 e. The fourth-order valence-electron chi connectivity index (χ4n) is 2.52. The average molecular weight is 263 g/mol. The number of carbonyl (C=O) groups is 1. The standard InChI is InChI=1S/C15H21NO3/c1-2-19-15(18)13-6-4-8-16(10-13)14-7-3-5-12(9-14)11-17/h3,5,7,9,13,17H,2,4,6,8,10-11H2,1H3. The predicted molar refractivity (Wildman–Crippen MR) is 73.9 cm³/mol. The van der Waals surface area contributed by atoms with Gasteiger partial charge < -0.3 is 14.7 Å². The number of anilines is 1. The number of ether oxygens (including phenoxy) is 1. The predicted octanol–water partition coefficient (Wildman–Crippen LogP) is 1.96. The number of esters is 1. The van der Waals surface area contributed by atoms with E-state index in [1.807, 2.05) is 31.2 Å². The maximum absolute atomic E-state index is 11.8. The summed E-state index contributed by atoms with van der Waals surface area (Å²) < 4.78 is 5.10. The lowest BCUT2D eigenvalue weighted by Gasteiger charge is -2.33. The molecule has 0 bridgehead atoms. The molecule has 0 radical (unpaired) electrons. The van der Waals surface area contributed by atoms with Crippen molar-refractivity contribution >= 4 is 11.7 Å². The lowest BCUT2D eigenvalue weighted by Crippen LogP contribution is -2.39. The van der Waals surface area contributed by atoms with Crippen LogP contribution in [-0.4, -0.2) is 30.8 Å². The van der Waals surface area contributed by atoms with Crippen LogP contribution in [0.5, 0.6) is 0 Å². The molecule has 1 atom stereocenters. The van der Waals surface area contributed by atoms with Crippen LogP contribution in [0.1, 0.15) is 25.3 Å². The Morgan fingerprint density at radius 3 is 3.11 bits per heavy atom. The van der Waals surface area contributed by atoms with E-state index in [2.05, 4.69) is 4.90 Å². The first kappa shape index (κ1) is 13.9. The minimum absolute atomic E-state index is 0.0357. The Kier molecular flexibility index (Phi) is 4.80. The molecule has 0 aliphatic carbocycles. The van der Waals surface area contributed by atoms with Crippen molar-refractivity contribution < 1.29 is 14.6 Å². The summed E-state index contributed by atoms with van der Waals surface area (Å²) in [6.07, 6.45) is 1.89. The molecule has 1 aromatic rings. The third kappa shape index (κ3) is 3.47. The van der Waals surface area contributed by atoms with Gasteiger partial charge in [0.1, 0.15) is 0 Å². The molecular formula is C15H21NO3. The summed E-state index contributed by atoms with van der Waals surface area (Å²) >= 11 is 0. The van der Waals surface area contributed by atoms with Crippen LogP contribution in [-0.2, 0) is 16.1 Å². The number of hydrogen-bond acceptors (Lipinski definition) is 4.